The van der Waals surface area contributed by atoms with E-state index >= 15 is 0 Å². The van der Waals surface area contributed by atoms with E-state index in [0.29, 0.717) is 12.8 Å². The van der Waals surface area contributed by atoms with Crippen molar-refractivity contribution >= 4 is 12.1 Å². The van der Waals surface area contributed by atoms with E-state index in [2.05, 4.69) is 0 Å². The molecule has 1 saturated heterocycles. The number of hydrogen-bond donors (Lipinski definition) is 1. The number of rotatable bonds is 5. The van der Waals surface area contributed by atoms with Gasteiger partial charge < -0.3 is 14.6 Å². The average Bonchev–Trinajstić information content (AvgIpc) is 2.71. The van der Waals surface area contributed by atoms with Gasteiger partial charge in [-0.3, -0.25) is 4.90 Å². The second-order valence-electron chi connectivity index (χ2n) is 6.53. The number of β-amino-alcohol motifs (C(OH)–C–C–N with tert-alkyl or cyclic N) is 1. The molecule has 2 aromatic carbocycles. The summed E-state index contributed by atoms with van der Waals surface area (Å²) in [6.07, 6.45) is -0.519. The molecule has 0 radical (unpaired) electrons. The maximum Gasteiger partial charge on any atom is 0.410 e. The number of nitrogens with zero attached hydrogens (tertiary/aromatic N) is 1. The quantitative estimate of drug-likeness (QED) is 0.820. The third kappa shape index (κ3) is 5.31. The molecule has 0 unspecified atom stereocenters. The van der Waals surface area contributed by atoms with Crippen molar-refractivity contribution in [2.24, 2.45) is 0 Å². The minimum atomic E-state index is -0.750. The topological polar surface area (TPSA) is 76.1 Å². The molecule has 1 aliphatic heterocycles. The fraction of sp³-hybridized carbons (Fsp3) is 0.333. The molecule has 2 atom stereocenters. The summed E-state index contributed by atoms with van der Waals surface area (Å²) in [5, 5.41) is 9.92. The lowest BCUT2D eigenvalue weighted by Gasteiger charge is -2.35. The number of likely N-dealkylation sites (tertiary alicyclic amines) is 1. The third-order valence-corrected chi connectivity index (χ3v) is 4.49. The molecule has 1 amide bonds. The van der Waals surface area contributed by atoms with Crippen molar-refractivity contribution in [2.75, 3.05) is 6.54 Å². The highest BCUT2D eigenvalue weighted by atomic mass is 16.6. The van der Waals surface area contributed by atoms with Crippen LogP contribution < -0.4 is 0 Å². The molecule has 6 heteroatoms. The van der Waals surface area contributed by atoms with Crippen LogP contribution in [0.5, 0.6) is 0 Å². The second-order valence-corrected chi connectivity index (χ2v) is 6.53. The lowest BCUT2D eigenvalue weighted by atomic mass is 10.0. The van der Waals surface area contributed by atoms with Gasteiger partial charge in [0.15, 0.2) is 0 Å². The fourth-order valence-corrected chi connectivity index (χ4v) is 3.03. The highest BCUT2D eigenvalue weighted by Crippen LogP contribution is 2.21. The van der Waals surface area contributed by atoms with Crippen molar-refractivity contribution in [3.05, 3.63) is 71.8 Å². The number of aliphatic hydroxyl groups is 1. The van der Waals surface area contributed by atoms with E-state index < -0.39 is 24.2 Å². The van der Waals surface area contributed by atoms with Crippen LogP contribution >= 0.6 is 0 Å². The Hall–Kier alpha value is -2.86. The highest BCUT2D eigenvalue weighted by Gasteiger charge is 2.37. The second kappa shape index (κ2) is 9.19. The van der Waals surface area contributed by atoms with Gasteiger partial charge in [0.25, 0.3) is 0 Å². The van der Waals surface area contributed by atoms with E-state index in [1.165, 1.54) is 4.90 Å². The van der Waals surface area contributed by atoms with E-state index in [9.17, 15) is 14.7 Å². The van der Waals surface area contributed by atoms with Crippen LogP contribution in [0.25, 0.3) is 0 Å². The van der Waals surface area contributed by atoms with Crippen LogP contribution in [-0.2, 0) is 27.5 Å². The zero-order valence-electron chi connectivity index (χ0n) is 15.0. The fourth-order valence-electron chi connectivity index (χ4n) is 3.03. The Morgan fingerprint density at radius 1 is 0.889 bits per heavy atom. The Balaban J connectivity index is 1.59. The number of piperidine rings is 1. The van der Waals surface area contributed by atoms with Crippen LogP contribution in [0.1, 0.15) is 24.0 Å². The van der Waals surface area contributed by atoms with Crippen LogP contribution in [0.2, 0.25) is 0 Å². The molecular formula is C21H23NO5. The summed E-state index contributed by atoms with van der Waals surface area (Å²) in [5.41, 5.74) is 1.73. The lowest BCUT2D eigenvalue weighted by Crippen LogP contribution is -2.52. The normalized spacial score (nSPS) is 19.4. The molecule has 0 spiro atoms. The first-order valence-electron chi connectivity index (χ1n) is 8.99. The number of esters is 1. The molecule has 1 N–H and O–H groups in total. The molecule has 1 fully saturated rings. The summed E-state index contributed by atoms with van der Waals surface area (Å²) in [4.78, 5) is 26.3. The van der Waals surface area contributed by atoms with Gasteiger partial charge in [-0.2, -0.15) is 0 Å². The van der Waals surface area contributed by atoms with Gasteiger partial charge in [-0.1, -0.05) is 60.7 Å². The molecular weight excluding hydrogens is 346 g/mol. The maximum atomic E-state index is 12.5. The number of aliphatic hydroxyl groups excluding tert-OH is 1. The van der Waals surface area contributed by atoms with Gasteiger partial charge in [-0.25, -0.2) is 9.59 Å². The Morgan fingerprint density at radius 2 is 1.44 bits per heavy atom. The average molecular weight is 369 g/mol. The molecule has 2 aromatic rings. The van der Waals surface area contributed by atoms with Gasteiger partial charge in [0.1, 0.15) is 19.3 Å². The summed E-state index contributed by atoms with van der Waals surface area (Å²) in [6, 6.07) is 17.9. The zero-order chi connectivity index (χ0) is 19.1. The molecule has 142 valence electrons. The minimum absolute atomic E-state index is 0.0543. The monoisotopic (exact) mass is 369 g/mol. The summed E-state index contributed by atoms with van der Waals surface area (Å²) < 4.78 is 10.7. The first kappa shape index (κ1) is 18.9. The largest absolute Gasteiger partial charge is 0.459 e. The Kier molecular flexibility index (Phi) is 6.44. The lowest BCUT2D eigenvalue weighted by molar-refractivity contribution is -0.153. The van der Waals surface area contributed by atoms with Gasteiger partial charge in [-0.15, -0.1) is 0 Å². The van der Waals surface area contributed by atoms with Gasteiger partial charge in [0, 0.05) is 0 Å². The molecule has 27 heavy (non-hydrogen) atoms. The van der Waals surface area contributed by atoms with Crippen LogP contribution in [0.15, 0.2) is 60.7 Å². The van der Waals surface area contributed by atoms with E-state index in [4.69, 9.17) is 9.47 Å². The van der Waals surface area contributed by atoms with Crippen molar-refractivity contribution in [3.8, 4) is 0 Å². The van der Waals surface area contributed by atoms with Crippen LogP contribution in [0.4, 0.5) is 4.79 Å². The van der Waals surface area contributed by atoms with Crippen molar-refractivity contribution in [3.63, 3.8) is 0 Å². The molecule has 6 nitrogen and oxygen atoms in total. The van der Waals surface area contributed by atoms with Gasteiger partial charge in [-0.05, 0) is 24.0 Å². The van der Waals surface area contributed by atoms with Gasteiger partial charge in [0.05, 0.1) is 12.6 Å². The van der Waals surface area contributed by atoms with Gasteiger partial charge >= 0.3 is 12.1 Å². The van der Waals surface area contributed by atoms with E-state index in [1.54, 1.807) is 0 Å². The van der Waals surface area contributed by atoms with Crippen molar-refractivity contribution < 1.29 is 24.2 Å². The van der Waals surface area contributed by atoms with Crippen LogP contribution in [0.3, 0.4) is 0 Å². The van der Waals surface area contributed by atoms with Crippen molar-refractivity contribution in [2.45, 2.75) is 38.2 Å². The molecule has 1 heterocycles. The number of hydrogen-bond acceptors (Lipinski definition) is 5. The van der Waals surface area contributed by atoms with Crippen LogP contribution in [-0.4, -0.2) is 40.8 Å². The van der Waals surface area contributed by atoms with E-state index in [0.717, 1.165) is 11.1 Å². The predicted molar refractivity (Wildman–Crippen MR) is 98.6 cm³/mol. The molecule has 1 aliphatic rings. The smallest absolute Gasteiger partial charge is 0.410 e. The summed E-state index contributed by atoms with van der Waals surface area (Å²) in [6.45, 7) is 0.308. The van der Waals surface area contributed by atoms with E-state index in [-0.39, 0.29) is 19.8 Å². The Bertz CT molecular complexity index is 750. The summed E-state index contributed by atoms with van der Waals surface area (Å²) in [7, 11) is 0. The molecule has 0 aromatic heterocycles. The Morgan fingerprint density at radius 3 is 2.04 bits per heavy atom. The highest BCUT2D eigenvalue weighted by molar-refractivity contribution is 5.81. The number of amides is 1. The van der Waals surface area contributed by atoms with Crippen molar-refractivity contribution in [1.29, 1.82) is 0 Å². The van der Waals surface area contributed by atoms with Crippen molar-refractivity contribution in [1.82, 2.24) is 4.90 Å². The third-order valence-electron chi connectivity index (χ3n) is 4.49. The molecule has 0 aliphatic carbocycles. The number of benzene rings is 2. The Labute approximate surface area is 158 Å². The van der Waals surface area contributed by atoms with Crippen LogP contribution in [0, 0.1) is 0 Å². The van der Waals surface area contributed by atoms with Gasteiger partial charge in [0.2, 0.25) is 0 Å². The molecule has 0 saturated carbocycles. The predicted octanol–water partition coefficient (Wildman–Crippen LogP) is 2.89. The summed E-state index contributed by atoms with van der Waals surface area (Å²) >= 11 is 0. The maximum absolute atomic E-state index is 12.5. The molecule has 0 bridgehead atoms. The minimum Gasteiger partial charge on any atom is -0.459 e. The molecule has 3 rings (SSSR count). The number of carbonyl (C=O) groups excluding carboxylic acids is 2. The standard InChI is InChI=1S/C21H23NO5/c23-18-11-12-19(20(24)26-14-16-7-3-1-4-8-16)22(13-18)21(25)27-15-17-9-5-2-6-10-17/h1-10,18-19,23H,11-15H2/t18-,19-/m0/s1. The number of ether oxygens (including phenoxy) is 2. The number of carbonyl (C=O) groups is 2. The SMILES string of the molecule is O=C(OCc1ccccc1)[C@@H]1CC[C@H](O)CN1C(=O)OCc1ccccc1. The first-order chi connectivity index (χ1) is 13.1. The summed E-state index contributed by atoms with van der Waals surface area (Å²) in [5.74, 6) is -0.484. The zero-order valence-corrected chi connectivity index (χ0v) is 15.0. The first-order valence-corrected chi connectivity index (χ1v) is 8.99. The van der Waals surface area contributed by atoms with E-state index in [1.807, 2.05) is 60.7 Å².